The number of piperidine rings is 1. The molecule has 142 valence electrons. The molecule has 1 fully saturated rings. The Balaban J connectivity index is 1.17. The van der Waals surface area contributed by atoms with Crippen LogP contribution in [0.15, 0.2) is 46.6 Å². The number of hydrogen-bond donors (Lipinski definition) is 1. The van der Waals surface area contributed by atoms with Crippen molar-refractivity contribution >= 4 is 21.6 Å². The van der Waals surface area contributed by atoms with Gasteiger partial charge in [-0.05, 0) is 74.7 Å². The first kappa shape index (κ1) is 18.4. The number of nitrogens with one attached hydrogen (secondary N) is 1. The molecule has 27 heavy (non-hydrogen) atoms. The number of likely N-dealkylation sites (tertiary alicyclic amines) is 1. The van der Waals surface area contributed by atoms with Crippen molar-refractivity contribution in [3.05, 3.63) is 63.5 Å². The van der Waals surface area contributed by atoms with E-state index in [1.54, 1.807) is 0 Å². The quantitative estimate of drug-likeness (QED) is 0.622. The van der Waals surface area contributed by atoms with Crippen molar-refractivity contribution < 1.29 is 0 Å². The molecule has 5 heteroatoms. The number of rotatable bonds is 7. The summed E-state index contributed by atoms with van der Waals surface area (Å²) in [5, 5.41) is 1.93. The number of aryl methyl sites for hydroxylation is 1. The first-order valence-electron chi connectivity index (χ1n) is 10.0. The van der Waals surface area contributed by atoms with Gasteiger partial charge in [0.1, 0.15) is 10.5 Å². The van der Waals surface area contributed by atoms with Gasteiger partial charge in [-0.25, -0.2) is 4.98 Å². The van der Waals surface area contributed by atoms with Gasteiger partial charge in [-0.2, -0.15) is 0 Å². The van der Waals surface area contributed by atoms with E-state index in [0.29, 0.717) is 0 Å². The first-order valence-corrected chi connectivity index (χ1v) is 10.9. The molecule has 0 spiro atoms. The third-order valence-corrected chi connectivity index (χ3v) is 6.48. The second kappa shape index (κ2) is 8.81. The van der Waals surface area contributed by atoms with Crippen LogP contribution in [-0.4, -0.2) is 34.5 Å². The fourth-order valence-electron chi connectivity index (χ4n) is 4.03. The maximum Gasteiger partial charge on any atom is 0.268 e. The summed E-state index contributed by atoms with van der Waals surface area (Å²) in [6.45, 7) is 3.59. The van der Waals surface area contributed by atoms with Crippen LogP contribution in [-0.2, 0) is 12.8 Å². The molecule has 4 nitrogen and oxygen atoms in total. The highest BCUT2D eigenvalue weighted by atomic mass is 32.1. The summed E-state index contributed by atoms with van der Waals surface area (Å²) in [7, 11) is 0. The van der Waals surface area contributed by atoms with Crippen molar-refractivity contribution in [1.82, 2.24) is 14.9 Å². The molecule has 3 aromatic rings. The van der Waals surface area contributed by atoms with Crippen LogP contribution in [0.4, 0.5) is 0 Å². The van der Waals surface area contributed by atoms with Gasteiger partial charge in [0, 0.05) is 6.42 Å². The van der Waals surface area contributed by atoms with E-state index in [2.05, 4.69) is 45.2 Å². The summed E-state index contributed by atoms with van der Waals surface area (Å²) in [5.74, 6) is 1.66. The third kappa shape index (κ3) is 4.85. The van der Waals surface area contributed by atoms with Gasteiger partial charge in [-0.3, -0.25) is 4.79 Å². The van der Waals surface area contributed by atoms with Crippen LogP contribution in [0.2, 0.25) is 0 Å². The van der Waals surface area contributed by atoms with Gasteiger partial charge in [0.05, 0.1) is 5.52 Å². The Hall–Kier alpha value is -1.98. The van der Waals surface area contributed by atoms with Crippen LogP contribution in [0.5, 0.6) is 0 Å². The molecular weight excluding hydrogens is 354 g/mol. The SMILES string of the molecule is O=c1[nH]c(CCCCN2CCC(Cc3ccccc3)CC2)nc2ccsc12. The number of nitrogens with zero attached hydrogens (tertiary/aromatic N) is 2. The Morgan fingerprint density at radius 2 is 1.93 bits per heavy atom. The Kier molecular flexibility index (Phi) is 6.00. The topological polar surface area (TPSA) is 49.0 Å². The maximum atomic E-state index is 12.0. The lowest BCUT2D eigenvalue weighted by Gasteiger charge is -2.32. The van der Waals surface area contributed by atoms with Gasteiger partial charge in [0.25, 0.3) is 5.56 Å². The van der Waals surface area contributed by atoms with E-state index in [1.807, 2.05) is 11.4 Å². The van der Waals surface area contributed by atoms with Crippen LogP contribution in [0.25, 0.3) is 10.2 Å². The number of aromatic nitrogens is 2. The average Bonchev–Trinajstić information content (AvgIpc) is 3.17. The molecule has 0 amide bonds. The normalized spacial score (nSPS) is 16.1. The van der Waals surface area contributed by atoms with Crippen molar-refractivity contribution in [1.29, 1.82) is 0 Å². The van der Waals surface area contributed by atoms with Gasteiger partial charge in [-0.15, -0.1) is 11.3 Å². The molecule has 0 aliphatic carbocycles. The maximum absolute atomic E-state index is 12.0. The van der Waals surface area contributed by atoms with Crippen molar-refractivity contribution in [2.45, 2.75) is 38.5 Å². The molecule has 0 bridgehead atoms. The number of H-pyrrole nitrogens is 1. The molecule has 1 aromatic carbocycles. The summed E-state index contributed by atoms with van der Waals surface area (Å²) in [6.07, 6.45) is 6.92. The van der Waals surface area contributed by atoms with Crippen LogP contribution in [0.3, 0.4) is 0 Å². The highest BCUT2D eigenvalue weighted by Crippen LogP contribution is 2.22. The second-order valence-electron chi connectivity index (χ2n) is 7.58. The largest absolute Gasteiger partial charge is 0.309 e. The van der Waals surface area contributed by atoms with Crippen molar-refractivity contribution in [3.8, 4) is 0 Å². The lowest BCUT2D eigenvalue weighted by atomic mass is 9.90. The van der Waals surface area contributed by atoms with Crippen LogP contribution in [0.1, 0.15) is 37.1 Å². The van der Waals surface area contributed by atoms with Crippen LogP contribution < -0.4 is 5.56 Å². The number of unbranched alkanes of at least 4 members (excludes halogenated alkanes) is 1. The monoisotopic (exact) mass is 381 g/mol. The third-order valence-electron chi connectivity index (χ3n) is 5.58. The molecule has 2 aromatic heterocycles. The number of aromatic amines is 1. The first-order chi connectivity index (χ1) is 13.3. The number of benzene rings is 1. The molecule has 1 N–H and O–H groups in total. The number of hydrogen-bond acceptors (Lipinski definition) is 4. The fourth-order valence-corrected chi connectivity index (χ4v) is 4.75. The Morgan fingerprint density at radius 1 is 1.11 bits per heavy atom. The van der Waals surface area contributed by atoms with Crippen LogP contribution >= 0.6 is 11.3 Å². The molecular formula is C22H27N3OS. The smallest absolute Gasteiger partial charge is 0.268 e. The summed E-state index contributed by atoms with van der Waals surface area (Å²) in [4.78, 5) is 22.1. The van der Waals surface area contributed by atoms with Crippen molar-refractivity contribution in [2.75, 3.05) is 19.6 Å². The van der Waals surface area contributed by atoms with Gasteiger partial charge >= 0.3 is 0 Å². The van der Waals surface area contributed by atoms with E-state index in [-0.39, 0.29) is 5.56 Å². The predicted octanol–water partition coefficient (Wildman–Crippen LogP) is 4.26. The van der Waals surface area contributed by atoms with Gasteiger partial charge < -0.3 is 9.88 Å². The lowest BCUT2D eigenvalue weighted by molar-refractivity contribution is 0.181. The molecule has 0 saturated carbocycles. The van der Waals surface area contributed by atoms with E-state index < -0.39 is 0 Å². The zero-order valence-electron chi connectivity index (χ0n) is 15.7. The van der Waals surface area contributed by atoms with Crippen molar-refractivity contribution in [2.24, 2.45) is 5.92 Å². The molecule has 0 unspecified atom stereocenters. The van der Waals surface area contributed by atoms with Gasteiger partial charge in [0.2, 0.25) is 0 Å². The summed E-state index contributed by atoms with van der Waals surface area (Å²) < 4.78 is 0.733. The standard InChI is InChI=1S/C22H27N3OS/c26-22-21-19(11-15-27-21)23-20(24-22)8-4-5-12-25-13-9-18(10-14-25)16-17-6-2-1-3-7-17/h1-3,6-7,11,15,18H,4-5,8-10,12-14,16H2,(H,23,24,26). The Labute approximate surface area is 164 Å². The van der Waals surface area contributed by atoms with Crippen LogP contribution in [0, 0.1) is 5.92 Å². The highest BCUT2D eigenvalue weighted by molar-refractivity contribution is 7.17. The van der Waals surface area contributed by atoms with E-state index in [0.717, 1.165) is 47.8 Å². The molecule has 1 aliphatic heterocycles. The minimum Gasteiger partial charge on any atom is -0.309 e. The molecule has 4 rings (SSSR count). The molecule has 1 saturated heterocycles. The van der Waals surface area contributed by atoms with Crippen molar-refractivity contribution in [3.63, 3.8) is 0 Å². The number of fused-ring (bicyclic) bond motifs is 1. The van der Waals surface area contributed by atoms with E-state index in [9.17, 15) is 4.79 Å². The molecule has 0 atom stereocenters. The minimum atomic E-state index is 0.00508. The molecule has 3 heterocycles. The Morgan fingerprint density at radius 3 is 2.74 bits per heavy atom. The minimum absolute atomic E-state index is 0.00508. The lowest BCUT2D eigenvalue weighted by Crippen LogP contribution is -2.35. The van der Waals surface area contributed by atoms with E-state index in [4.69, 9.17) is 0 Å². The van der Waals surface area contributed by atoms with E-state index in [1.165, 1.54) is 49.3 Å². The highest BCUT2D eigenvalue weighted by Gasteiger charge is 2.19. The fraction of sp³-hybridized carbons (Fsp3) is 0.455. The zero-order chi connectivity index (χ0) is 18.5. The molecule has 0 radical (unpaired) electrons. The average molecular weight is 382 g/mol. The predicted molar refractivity (Wildman–Crippen MR) is 112 cm³/mol. The van der Waals surface area contributed by atoms with Gasteiger partial charge in [-0.1, -0.05) is 30.3 Å². The zero-order valence-corrected chi connectivity index (χ0v) is 16.5. The molecule has 1 aliphatic rings. The summed E-state index contributed by atoms with van der Waals surface area (Å²) >= 11 is 1.46. The number of thiophene rings is 1. The Bertz CT molecular complexity index is 910. The second-order valence-corrected chi connectivity index (χ2v) is 8.50. The van der Waals surface area contributed by atoms with Gasteiger partial charge in [0.15, 0.2) is 0 Å². The summed E-state index contributed by atoms with van der Waals surface area (Å²) in [5.41, 5.74) is 2.31. The summed E-state index contributed by atoms with van der Waals surface area (Å²) in [6, 6.07) is 12.8. The van der Waals surface area contributed by atoms with E-state index >= 15 is 0 Å².